The minimum absolute atomic E-state index is 0.0608. The first-order valence-electron chi connectivity index (χ1n) is 8.01. The number of hydrogen-bond donors (Lipinski definition) is 1. The zero-order chi connectivity index (χ0) is 18.4. The summed E-state index contributed by atoms with van der Waals surface area (Å²) in [6.07, 6.45) is 0.443. The first-order valence-corrected chi connectivity index (χ1v) is 8.89. The number of hydrogen-bond acceptors (Lipinski definition) is 5. The normalized spacial score (nSPS) is 10.6. The Labute approximate surface area is 151 Å². The van der Waals surface area contributed by atoms with Crippen molar-refractivity contribution in [3.63, 3.8) is 0 Å². The van der Waals surface area contributed by atoms with E-state index in [9.17, 15) is 14.4 Å². The van der Waals surface area contributed by atoms with Crippen LogP contribution < -0.4 is 5.32 Å². The van der Waals surface area contributed by atoms with Gasteiger partial charge in [0.15, 0.2) is 12.4 Å². The maximum atomic E-state index is 12.1. The summed E-state index contributed by atoms with van der Waals surface area (Å²) in [6.45, 7) is 5.46. The van der Waals surface area contributed by atoms with Crippen LogP contribution in [0.2, 0.25) is 0 Å². The molecular formula is C19H21NO4S. The molecule has 25 heavy (non-hydrogen) atoms. The van der Waals surface area contributed by atoms with E-state index in [0.29, 0.717) is 22.5 Å². The molecule has 0 spiro atoms. The molecule has 2 rings (SSSR count). The molecule has 1 heterocycles. The third kappa shape index (κ3) is 5.53. The molecule has 0 fully saturated rings. The standard InChI is InChI=1S/C19H21NO4S/c1-12(2)10-17(22)20-15-6-4-14(5-7-15)16(21)11-24-19(23)18-13(3)8-9-25-18/h4-9,12H,10-11H2,1-3H3,(H,20,22). The number of nitrogens with one attached hydrogen (secondary N) is 1. The molecule has 0 aliphatic carbocycles. The number of anilines is 1. The van der Waals surface area contributed by atoms with Gasteiger partial charge in [0.2, 0.25) is 5.91 Å². The van der Waals surface area contributed by atoms with Crippen molar-refractivity contribution in [3.8, 4) is 0 Å². The summed E-state index contributed by atoms with van der Waals surface area (Å²) in [5, 5.41) is 4.59. The molecule has 0 radical (unpaired) electrons. The van der Waals surface area contributed by atoms with Crippen LogP contribution >= 0.6 is 11.3 Å². The SMILES string of the molecule is Cc1ccsc1C(=O)OCC(=O)c1ccc(NC(=O)CC(C)C)cc1. The van der Waals surface area contributed by atoms with E-state index in [2.05, 4.69) is 5.32 Å². The van der Waals surface area contributed by atoms with Crippen LogP contribution in [0.25, 0.3) is 0 Å². The van der Waals surface area contributed by atoms with Crippen molar-refractivity contribution < 1.29 is 19.1 Å². The lowest BCUT2D eigenvalue weighted by Crippen LogP contribution is -2.15. The molecule has 0 saturated heterocycles. The molecule has 6 heteroatoms. The van der Waals surface area contributed by atoms with Crippen LogP contribution in [0.1, 0.15) is 45.9 Å². The average Bonchev–Trinajstić information content (AvgIpc) is 2.98. The fourth-order valence-electron chi connectivity index (χ4n) is 2.18. The Morgan fingerprint density at radius 2 is 1.80 bits per heavy atom. The van der Waals surface area contributed by atoms with Gasteiger partial charge in [-0.1, -0.05) is 13.8 Å². The lowest BCUT2D eigenvalue weighted by Gasteiger charge is -2.08. The van der Waals surface area contributed by atoms with E-state index in [1.807, 2.05) is 26.8 Å². The summed E-state index contributed by atoms with van der Waals surface area (Å²) in [7, 11) is 0. The molecule has 0 atom stereocenters. The third-order valence-electron chi connectivity index (χ3n) is 3.47. The first-order chi connectivity index (χ1) is 11.9. The molecule has 1 N–H and O–H groups in total. The van der Waals surface area contributed by atoms with Gasteiger partial charge < -0.3 is 10.1 Å². The highest BCUT2D eigenvalue weighted by atomic mass is 32.1. The second-order valence-corrected chi connectivity index (χ2v) is 7.07. The van der Waals surface area contributed by atoms with E-state index in [1.54, 1.807) is 29.6 Å². The molecule has 0 unspecified atom stereocenters. The Bertz CT molecular complexity index is 762. The third-order valence-corrected chi connectivity index (χ3v) is 4.46. The van der Waals surface area contributed by atoms with Crippen LogP contribution in [-0.2, 0) is 9.53 Å². The number of thiophene rings is 1. The van der Waals surface area contributed by atoms with Crippen LogP contribution in [-0.4, -0.2) is 24.3 Å². The topological polar surface area (TPSA) is 72.5 Å². The maximum Gasteiger partial charge on any atom is 0.349 e. The van der Waals surface area contributed by atoms with Crippen LogP contribution in [0.3, 0.4) is 0 Å². The minimum Gasteiger partial charge on any atom is -0.453 e. The predicted octanol–water partition coefficient (Wildman–Crippen LogP) is 4.08. The smallest absolute Gasteiger partial charge is 0.349 e. The second kappa shape index (κ2) is 8.58. The van der Waals surface area contributed by atoms with Gasteiger partial charge in [0.25, 0.3) is 0 Å². The Hall–Kier alpha value is -2.47. The van der Waals surface area contributed by atoms with Crippen molar-refractivity contribution in [2.24, 2.45) is 5.92 Å². The first kappa shape index (κ1) is 18.9. The van der Waals surface area contributed by atoms with Gasteiger partial charge in [-0.15, -0.1) is 11.3 Å². The van der Waals surface area contributed by atoms with E-state index in [-0.39, 0.29) is 24.2 Å². The Balaban J connectivity index is 1.89. The summed E-state index contributed by atoms with van der Waals surface area (Å²) in [6, 6.07) is 8.37. The molecule has 1 aromatic carbocycles. The van der Waals surface area contributed by atoms with E-state index in [1.165, 1.54) is 11.3 Å². The molecule has 132 valence electrons. The Kier molecular flexibility index (Phi) is 6.47. The number of carbonyl (C=O) groups excluding carboxylic acids is 3. The molecule has 0 aliphatic heterocycles. The molecule has 2 aromatic rings. The monoisotopic (exact) mass is 359 g/mol. The number of rotatable bonds is 7. The zero-order valence-corrected chi connectivity index (χ0v) is 15.3. The van der Waals surface area contributed by atoms with E-state index >= 15 is 0 Å². The molecule has 0 saturated carbocycles. The fourth-order valence-corrected chi connectivity index (χ4v) is 3.00. The van der Waals surface area contributed by atoms with Crippen molar-refractivity contribution in [1.29, 1.82) is 0 Å². The van der Waals surface area contributed by atoms with Crippen molar-refractivity contribution in [1.82, 2.24) is 0 Å². The number of amides is 1. The minimum atomic E-state index is -0.488. The van der Waals surface area contributed by atoms with E-state index in [4.69, 9.17) is 4.74 Å². The van der Waals surface area contributed by atoms with Crippen LogP contribution in [0.5, 0.6) is 0 Å². The highest BCUT2D eigenvalue weighted by Gasteiger charge is 2.15. The van der Waals surface area contributed by atoms with E-state index in [0.717, 1.165) is 5.56 Å². The number of aryl methyl sites for hydroxylation is 1. The van der Waals surface area contributed by atoms with Crippen molar-refractivity contribution in [2.75, 3.05) is 11.9 Å². The number of esters is 1. The summed E-state index contributed by atoms with van der Waals surface area (Å²) in [4.78, 5) is 36.3. The summed E-state index contributed by atoms with van der Waals surface area (Å²) in [5.41, 5.74) is 1.90. The van der Waals surface area contributed by atoms with Gasteiger partial charge in [-0.2, -0.15) is 0 Å². The van der Waals surface area contributed by atoms with Crippen LogP contribution in [0.4, 0.5) is 5.69 Å². The Morgan fingerprint density at radius 1 is 1.12 bits per heavy atom. The molecular weight excluding hydrogens is 338 g/mol. The second-order valence-electron chi connectivity index (χ2n) is 6.16. The van der Waals surface area contributed by atoms with Gasteiger partial charge in [-0.05, 0) is 54.1 Å². The highest BCUT2D eigenvalue weighted by molar-refractivity contribution is 7.12. The molecule has 0 bridgehead atoms. The largest absolute Gasteiger partial charge is 0.453 e. The summed E-state index contributed by atoms with van der Waals surface area (Å²) < 4.78 is 5.07. The number of carbonyl (C=O) groups is 3. The lowest BCUT2D eigenvalue weighted by molar-refractivity contribution is -0.116. The number of benzene rings is 1. The van der Waals surface area contributed by atoms with Crippen LogP contribution in [0, 0.1) is 12.8 Å². The number of Topliss-reactive ketones (excluding diaryl/α,β-unsaturated/α-hetero) is 1. The zero-order valence-electron chi connectivity index (χ0n) is 14.5. The Morgan fingerprint density at radius 3 is 2.36 bits per heavy atom. The van der Waals surface area contributed by atoms with Gasteiger partial charge in [0, 0.05) is 17.7 Å². The van der Waals surface area contributed by atoms with Gasteiger partial charge in [0.05, 0.1) is 0 Å². The summed E-state index contributed by atoms with van der Waals surface area (Å²) in [5.74, 6) is -0.558. The molecule has 0 aliphatic rings. The number of ketones is 1. The highest BCUT2D eigenvalue weighted by Crippen LogP contribution is 2.17. The van der Waals surface area contributed by atoms with Gasteiger partial charge in [-0.25, -0.2) is 4.79 Å². The number of ether oxygens (including phenoxy) is 1. The van der Waals surface area contributed by atoms with Gasteiger partial charge >= 0.3 is 5.97 Å². The van der Waals surface area contributed by atoms with Gasteiger partial charge in [0.1, 0.15) is 4.88 Å². The molecule has 1 aromatic heterocycles. The molecule has 5 nitrogen and oxygen atoms in total. The quantitative estimate of drug-likeness (QED) is 0.597. The fraction of sp³-hybridized carbons (Fsp3) is 0.316. The van der Waals surface area contributed by atoms with Crippen molar-refractivity contribution in [2.45, 2.75) is 27.2 Å². The lowest BCUT2D eigenvalue weighted by atomic mass is 10.1. The average molecular weight is 359 g/mol. The van der Waals surface area contributed by atoms with Crippen molar-refractivity contribution in [3.05, 3.63) is 51.7 Å². The van der Waals surface area contributed by atoms with Crippen LogP contribution in [0.15, 0.2) is 35.7 Å². The van der Waals surface area contributed by atoms with Gasteiger partial charge in [-0.3, -0.25) is 9.59 Å². The summed E-state index contributed by atoms with van der Waals surface area (Å²) >= 11 is 1.29. The van der Waals surface area contributed by atoms with Crippen molar-refractivity contribution >= 4 is 34.7 Å². The molecule has 1 amide bonds. The predicted molar refractivity (Wildman–Crippen MR) is 98.2 cm³/mol. The maximum absolute atomic E-state index is 12.1. The van der Waals surface area contributed by atoms with E-state index < -0.39 is 5.97 Å².